The summed E-state index contributed by atoms with van der Waals surface area (Å²) in [6.45, 7) is 4.25. The molecule has 3 aromatic carbocycles. The molecule has 0 amide bonds. The zero-order chi connectivity index (χ0) is 21.7. The summed E-state index contributed by atoms with van der Waals surface area (Å²) in [5, 5.41) is 15.2. The number of methoxy groups -OCH3 is 2. The number of nitro groups is 1. The Morgan fingerprint density at radius 1 is 1.03 bits per heavy atom. The van der Waals surface area contributed by atoms with E-state index in [0.29, 0.717) is 4.90 Å². The minimum absolute atomic E-state index is 0.0854. The molecule has 1 fully saturated rings. The fraction of sp³-hybridized carbons (Fsp3) is 0.167. The van der Waals surface area contributed by atoms with Crippen molar-refractivity contribution in [2.24, 2.45) is 0 Å². The average molecular weight is 433 g/mol. The van der Waals surface area contributed by atoms with E-state index in [0.717, 1.165) is 44.5 Å². The normalized spacial score (nSPS) is 20.3. The van der Waals surface area contributed by atoms with Crippen molar-refractivity contribution in [3.05, 3.63) is 92.9 Å². The van der Waals surface area contributed by atoms with Crippen LogP contribution in [0.4, 0.5) is 5.69 Å². The number of thioether (sulfide) groups is 1. The molecule has 6 nitrogen and oxygen atoms in total. The van der Waals surface area contributed by atoms with Crippen LogP contribution in [-0.4, -0.2) is 19.1 Å². The summed E-state index contributed by atoms with van der Waals surface area (Å²) in [6, 6.07) is 14.7. The van der Waals surface area contributed by atoms with Crippen LogP contribution in [0.1, 0.15) is 23.3 Å². The number of fused-ring (bicyclic) bond motifs is 6. The fourth-order valence-corrected chi connectivity index (χ4v) is 5.22. The molecule has 0 saturated carbocycles. The lowest BCUT2D eigenvalue weighted by molar-refractivity contribution is -0.387. The molecule has 2 heterocycles. The smallest absolute Gasteiger partial charge is 0.283 e. The molecule has 31 heavy (non-hydrogen) atoms. The van der Waals surface area contributed by atoms with Crippen molar-refractivity contribution < 1.29 is 19.1 Å². The first-order valence-electron chi connectivity index (χ1n) is 9.66. The lowest BCUT2D eigenvalue weighted by atomic mass is 9.84. The number of hydrogen-bond donors (Lipinski definition) is 0. The second-order valence-corrected chi connectivity index (χ2v) is 8.25. The first kappa shape index (κ1) is 19.7. The topological polar surface area (TPSA) is 70.8 Å². The quantitative estimate of drug-likeness (QED) is 0.274. The van der Waals surface area contributed by atoms with E-state index in [1.807, 2.05) is 17.5 Å². The van der Waals surface area contributed by atoms with Gasteiger partial charge in [0.15, 0.2) is 0 Å². The van der Waals surface area contributed by atoms with E-state index in [1.165, 1.54) is 17.8 Å². The van der Waals surface area contributed by atoms with Crippen LogP contribution in [0, 0.1) is 10.1 Å². The molecule has 0 aromatic heterocycles. The van der Waals surface area contributed by atoms with Crippen LogP contribution < -0.4 is 9.47 Å². The van der Waals surface area contributed by atoms with Crippen molar-refractivity contribution in [2.45, 2.75) is 17.1 Å². The first-order valence-corrected chi connectivity index (χ1v) is 10.5. The maximum absolute atomic E-state index is 11.3. The Labute approximate surface area is 183 Å². The van der Waals surface area contributed by atoms with Gasteiger partial charge in [-0.2, -0.15) is 0 Å². The van der Waals surface area contributed by atoms with Crippen molar-refractivity contribution in [3.63, 3.8) is 0 Å². The van der Waals surface area contributed by atoms with Crippen molar-refractivity contribution in [3.8, 4) is 11.5 Å². The molecule has 2 bridgehead atoms. The predicted octanol–water partition coefficient (Wildman–Crippen LogP) is 6.12. The van der Waals surface area contributed by atoms with Crippen molar-refractivity contribution >= 4 is 28.2 Å². The Balaban J connectivity index is 1.57. The van der Waals surface area contributed by atoms with Crippen LogP contribution in [0.2, 0.25) is 0 Å². The molecule has 7 heteroatoms. The number of nitrogens with zero attached hydrogens (tertiary/aromatic N) is 1. The third kappa shape index (κ3) is 3.00. The van der Waals surface area contributed by atoms with E-state index in [2.05, 4.69) is 18.7 Å². The Morgan fingerprint density at radius 2 is 1.65 bits per heavy atom. The highest BCUT2D eigenvalue weighted by molar-refractivity contribution is 8.02. The number of hydrogen-bond acceptors (Lipinski definition) is 6. The average Bonchev–Trinajstić information content (AvgIpc) is 3.31. The zero-order valence-corrected chi connectivity index (χ0v) is 17.8. The number of nitro benzene ring substituents is 1. The molecule has 1 saturated heterocycles. The van der Waals surface area contributed by atoms with E-state index in [-0.39, 0.29) is 22.8 Å². The SMILES string of the molecule is C=C1/C(=C/Sc2ccccc2[N+](=O)[O-])C2OC1c1cc3c(OC)ccc(OC)c3cc12. The Morgan fingerprint density at radius 3 is 2.26 bits per heavy atom. The molecule has 0 N–H and O–H groups in total. The Bertz CT molecular complexity index is 1280. The lowest BCUT2D eigenvalue weighted by Crippen LogP contribution is -2.04. The highest BCUT2D eigenvalue weighted by atomic mass is 32.2. The number of ether oxygens (including phenoxy) is 3. The molecule has 156 valence electrons. The van der Waals surface area contributed by atoms with Crippen molar-refractivity contribution in [1.82, 2.24) is 0 Å². The molecule has 5 rings (SSSR count). The van der Waals surface area contributed by atoms with Crippen LogP contribution in [-0.2, 0) is 4.74 Å². The molecular formula is C24H19NO5S. The largest absolute Gasteiger partial charge is 0.496 e. The van der Waals surface area contributed by atoms with Gasteiger partial charge >= 0.3 is 0 Å². The Hall–Kier alpha value is -3.29. The summed E-state index contributed by atoms with van der Waals surface area (Å²) in [5.74, 6) is 1.54. The summed E-state index contributed by atoms with van der Waals surface area (Å²) >= 11 is 1.32. The lowest BCUT2D eigenvalue weighted by Gasteiger charge is -2.19. The van der Waals surface area contributed by atoms with E-state index in [1.54, 1.807) is 32.4 Å². The molecule has 2 atom stereocenters. The minimum Gasteiger partial charge on any atom is -0.496 e. The van der Waals surface area contributed by atoms with Crippen LogP contribution >= 0.6 is 11.8 Å². The molecule has 0 spiro atoms. The highest BCUT2D eigenvalue weighted by Crippen LogP contribution is 2.58. The van der Waals surface area contributed by atoms with Gasteiger partial charge in [0, 0.05) is 16.8 Å². The van der Waals surface area contributed by atoms with Gasteiger partial charge in [0.25, 0.3) is 5.69 Å². The van der Waals surface area contributed by atoms with Gasteiger partial charge in [-0.3, -0.25) is 10.1 Å². The van der Waals surface area contributed by atoms with Gasteiger partial charge in [0.05, 0.1) is 24.0 Å². The third-order valence-electron chi connectivity index (χ3n) is 5.76. The second-order valence-electron chi connectivity index (χ2n) is 7.33. The van der Waals surface area contributed by atoms with Crippen molar-refractivity contribution in [2.75, 3.05) is 14.2 Å². The third-order valence-corrected chi connectivity index (χ3v) is 6.73. The second kappa shape index (κ2) is 7.44. The van der Waals surface area contributed by atoms with Gasteiger partial charge in [-0.25, -0.2) is 0 Å². The minimum atomic E-state index is -0.367. The van der Waals surface area contributed by atoms with E-state index < -0.39 is 0 Å². The van der Waals surface area contributed by atoms with Gasteiger partial charge in [-0.05, 0) is 58.0 Å². The summed E-state index contributed by atoms with van der Waals surface area (Å²) < 4.78 is 17.4. The molecule has 0 radical (unpaired) electrons. The molecule has 2 unspecified atom stereocenters. The number of rotatable bonds is 5. The van der Waals surface area contributed by atoms with Crippen LogP contribution in [0.5, 0.6) is 11.5 Å². The molecule has 2 aliphatic heterocycles. The monoisotopic (exact) mass is 433 g/mol. The molecule has 2 aliphatic rings. The van der Waals surface area contributed by atoms with Crippen molar-refractivity contribution in [1.29, 1.82) is 0 Å². The van der Waals surface area contributed by atoms with Crippen LogP contribution in [0.15, 0.2) is 76.6 Å². The van der Waals surface area contributed by atoms with E-state index >= 15 is 0 Å². The molecular weight excluding hydrogens is 414 g/mol. The summed E-state index contributed by atoms with van der Waals surface area (Å²) in [6.07, 6.45) is -0.499. The number of para-hydroxylation sites is 1. The van der Waals surface area contributed by atoms with Crippen LogP contribution in [0.3, 0.4) is 0 Å². The molecule has 3 aromatic rings. The van der Waals surface area contributed by atoms with E-state index in [4.69, 9.17) is 14.2 Å². The van der Waals surface area contributed by atoms with Gasteiger partial charge in [0.1, 0.15) is 23.7 Å². The fourth-order valence-electron chi connectivity index (χ4n) is 4.27. The number of benzene rings is 3. The van der Waals surface area contributed by atoms with Crippen LogP contribution in [0.25, 0.3) is 10.8 Å². The van der Waals surface area contributed by atoms with E-state index in [9.17, 15) is 10.1 Å². The predicted molar refractivity (Wildman–Crippen MR) is 120 cm³/mol. The zero-order valence-electron chi connectivity index (χ0n) is 17.0. The maximum atomic E-state index is 11.3. The summed E-state index contributed by atoms with van der Waals surface area (Å²) in [4.78, 5) is 11.5. The van der Waals surface area contributed by atoms with Gasteiger partial charge < -0.3 is 14.2 Å². The first-order chi connectivity index (χ1) is 15.0. The summed E-state index contributed by atoms with van der Waals surface area (Å²) in [7, 11) is 3.30. The highest BCUT2D eigenvalue weighted by Gasteiger charge is 2.44. The van der Waals surface area contributed by atoms with Gasteiger partial charge in [0.2, 0.25) is 0 Å². The summed E-state index contributed by atoms with van der Waals surface area (Å²) in [5.41, 5.74) is 4.04. The standard InChI is InChI=1S/C24H19NO5S/c1-13-18(12-31-22-7-5-4-6-19(22)25(26)27)24-17-11-15-14(10-16(17)23(13)30-24)20(28-2)8-9-21(15)29-3/h4-12,23-24H,1H2,2-3H3/b18-12-. The Kier molecular flexibility index (Phi) is 4.72. The maximum Gasteiger partial charge on any atom is 0.283 e. The van der Waals surface area contributed by atoms with Gasteiger partial charge in [-0.1, -0.05) is 30.5 Å². The van der Waals surface area contributed by atoms with Gasteiger partial charge in [-0.15, -0.1) is 0 Å². The molecule has 0 aliphatic carbocycles.